The molecule has 28 heavy (non-hydrogen) atoms. The molecule has 0 bridgehead atoms. The zero-order chi connectivity index (χ0) is 19.3. The summed E-state index contributed by atoms with van der Waals surface area (Å²) < 4.78 is 13.8. The summed E-state index contributed by atoms with van der Waals surface area (Å²) in [6.45, 7) is 8.32. The van der Waals surface area contributed by atoms with Crippen LogP contribution in [0.15, 0.2) is 30.9 Å². The highest BCUT2D eigenvalue weighted by Gasteiger charge is 2.29. The van der Waals surface area contributed by atoms with Crippen LogP contribution in [-0.2, 0) is 16.0 Å². The zero-order valence-corrected chi connectivity index (χ0v) is 16.7. The molecule has 4 heterocycles. The Labute approximate surface area is 166 Å². The summed E-state index contributed by atoms with van der Waals surface area (Å²) >= 11 is 0. The number of nitrogens with one attached hydrogen (secondary N) is 1. The first kappa shape index (κ1) is 19.1. The van der Waals surface area contributed by atoms with Gasteiger partial charge in [-0.15, -0.1) is 0 Å². The van der Waals surface area contributed by atoms with E-state index in [4.69, 9.17) is 9.47 Å². The van der Waals surface area contributed by atoms with E-state index in [1.807, 2.05) is 23.0 Å². The van der Waals surface area contributed by atoms with Gasteiger partial charge in [-0.3, -0.25) is 4.68 Å². The predicted octanol–water partition coefficient (Wildman–Crippen LogP) is 2.19. The van der Waals surface area contributed by atoms with Crippen LogP contribution in [0, 0.1) is 5.92 Å². The predicted molar refractivity (Wildman–Crippen MR) is 107 cm³/mol. The normalized spacial score (nSPS) is 25.8. The van der Waals surface area contributed by atoms with E-state index in [0.717, 1.165) is 50.7 Å². The highest BCUT2D eigenvalue weighted by atomic mass is 16.5. The number of hydrogen-bond donors (Lipinski definition) is 1. The highest BCUT2D eigenvalue weighted by Crippen LogP contribution is 2.25. The minimum atomic E-state index is 0.0945. The molecule has 0 radical (unpaired) electrons. The third kappa shape index (κ3) is 4.62. The molecule has 8 heteroatoms. The van der Waals surface area contributed by atoms with Gasteiger partial charge in [0.15, 0.2) is 0 Å². The van der Waals surface area contributed by atoms with E-state index in [-0.39, 0.29) is 18.2 Å². The van der Waals surface area contributed by atoms with E-state index < -0.39 is 0 Å². The third-order valence-electron chi connectivity index (χ3n) is 5.42. The van der Waals surface area contributed by atoms with Gasteiger partial charge in [0.2, 0.25) is 0 Å². The molecular weight excluding hydrogens is 356 g/mol. The van der Waals surface area contributed by atoms with E-state index in [9.17, 15) is 0 Å². The minimum Gasteiger partial charge on any atom is -0.376 e. The Morgan fingerprint density at radius 2 is 2.18 bits per heavy atom. The summed E-state index contributed by atoms with van der Waals surface area (Å²) in [6, 6.07) is 4.26. The van der Waals surface area contributed by atoms with Crippen molar-refractivity contribution in [1.82, 2.24) is 19.7 Å². The van der Waals surface area contributed by atoms with Gasteiger partial charge in [0.25, 0.3) is 0 Å². The smallest absolute Gasteiger partial charge is 0.134 e. The number of morpholine rings is 1. The molecule has 0 unspecified atom stereocenters. The van der Waals surface area contributed by atoms with Crippen LogP contribution in [0.3, 0.4) is 0 Å². The third-order valence-corrected chi connectivity index (χ3v) is 5.42. The number of nitrogens with zero attached hydrogens (tertiary/aromatic N) is 5. The fraction of sp³-hybridized carbons (Fsp3) is 0.650. The number of aromatic nitrogens is 4. The fourth-order valence-electron chi connectivity index (χ4n) is 4.06. The summed E-state index contributed by atoms with van der Waals surface area (Å²) in [5, 5.41) is 7.87. The van der Waals surface area contributed by atoms with Gasteiger partial charge < -0.3 is 19.7 Å². The average Bonchev–Trinajstić information content (AvgIpc) is 3.22. The van der Waals surface area contributed by atoms with Crippen LogP contribution in [0.25, 0.3) is 0 Å². The molecule has 1 N–H and O–H groups in total. The van der Waals surface area contributed by atoms with Gasteiger partial charge in [-0.05, 0) is 24.8 Å². The SMILES string of the molecule is CC(C)[C@@H]1OCCC[C@H]1Nc1cc(N2CCO[C@@H](Cn3cccn3)C2)ncn1. The maximum Gasteiger partial charge on any atom is 0.134 e. The van der Waals surface area contributed by atoms with Crippen molar-refractivity contribution in [1.29, 1.82) is 0 Å². The van der Waals surface area contributed by atoms with E-state index in [2.05, 4.69) is 39.1 Å². The van der Waals surface area contributed by atoms with Crippen LogP contribution in [0.2, 0.25) is 0 Å². The molecule has 0 aromatic carbocycles. The van der Waals surface area contributed by atoms with Gasteiger partial charge in [-0.2, -0.15) is 5.10 Å². The first-order valence-corrected chi connectivity index (χ1v) is 10.2. The van der Waals surface area contributed by atoms with Crippen molar-refractivity contribution in [3.63, 3.8) is 0 Å². The lowest BCUT2D eigenvalue weighted by Gasteiger charge is -2.36. The summed E-state index contributed by atoms with van der Waals surface area (Å²) in [4.78, 5) is 11.2. The molecule has 2 aromatic heterocycles. The molecule has 2 aromatic rings. The Balaban J connectivity index is 1.41. The van der Waals surface area contributed by atoms with E-state index >= 15 is 0 Å². The Kier molecular flexibility index (Phi) is 6.07. The molecule has 0 amide bonds. The van der Waals surface area contributed by atoms with Crippen molar-refractivity contribution in [3.8, 4) is 0 Å². The highest BCUT2D eigenvalue weighted by molar-refractivity contribution is 5.49. The first-order chi connectivity index (χ1) is 13.7. The fourth-order valence-corrected chi connectivity index (χ4v) is 4.06. The topological polar surface area (TPSA) is 77.3 Å². The van der Waals surface area contributed by atoms with Gasteiger partial charge in [0.1, 0.15) is 18.0 Å². The van der Waals surface area contributed by atoms with Crippen molar-refractivity contribution in [3.05, 3.63) is 30.9 Å². The van der Waals surface area contributed by atoms with Crippen molar-refractivity contribution in [2.75, 3.05) is 36.5 Å². The Morgan fingerprint density at radius 3 is 3.00 bits per heavy atom. The molecular formula is C20H30N6O2. The summed E-state index contributed by atoms with van der Waals surface area (Å²) in [7, 11) is 0. The number of rotatable bonds is 6. The maximum absolute atomic E-state index is 5.99. The molecule has 2 saturated heterocycles. The van der Waals surface area contributed by atoms with Gasteiger partial charge in [-0.1, -0.05) is 13.8 Å². The second kappa shape index (κ2) is 8.87. The van der Waals surface area contributed by atoms with E-state index in [1.54, 1.807) is 12.5 Å². The van der Waals surface area contributed by atoms with E-state index in [0.29, 0.717) is 12.5 Å². The second-order valence-corrected chi connectivity index (χ2v) is 7.90. The molecule has 2 aliphatic heterocycles. The monoisotopic (exact) mass is 386 g/mol. The molecule has 3 atom stereocenters. The van der Waals surface area contributed by atoms with Gasteiger partial charge in [-0.25, -0.2) is 9.97 Å². The van der Waals surface area contributed by atoms with Crippen LogP contribution >= 0.6 is 0 Å². The van der Waals surface area contributed by atoms with Crippen molar-refractivity contribution in [2.45, 2.75) is 51.5 Å². The summed E-state index contributed by atoms with van der Waals surface area (Å²) in [5.41, 5.74) is 0. The van der Waals surface area contributed by atoms with Gasteiger partial charge in [0, 0.05) is 38.2 Å². The number of anilines is 2. The number of hydrogen-bond acceptors (Lipinski definition) is 7. The molecule has 0 saturated carbocycles. The van der Waals surface area contributed by atoms with Crippen LogP contribution < -0.4 is 10.2 Å². The van der Waals surface area contributed by atoms with Crippen LogP contribution in [0.4, 0.5) is 11.6 Å². The lowest BCUT2D eigenvalue weighted by atomic mass is 9.94. The Hall–Kier alpha value is -2.19. The van der Waals surface area contributed by atoms with Crippen molar-refractivity contribution < 1.29 is 9.47 Å². The minimum absolute atomic E-state index is 0.0945. The molecule has 0 aliphatic carbocycles. The molecule has 4 rings (SSSR count). The van der Waals surface area contributed by atoms with Gasteiger partial charge >= 0.3 is 0 Å². The molecule has 152 valence electrons. The lowest BCUT2D eigenvalue weighted by molar-refractivity contribution is -0.0203. The largest absolute Gasteiger partial charge is 0.376 e. The van der Waals surface area contributed by atoms with Gasteiger partial charge in [0.05, 0.1) is 31.4 Å². The molecule has 0 spiro atoms. The Bertz CT molecular complexity index is 738. The van der Waals surface area contributed by atoms with Crippen molar-refractivity contribution in [2.24, 2.45) is 5.92 Å². The van der Waals surface area contributed by atoms with Crippen LogP contribution in [-0.4, -0.2) is 64.3 Å². The summed E-state index contributed by atoms with van der Waals surface area (Å²) in [5.74, 6) is 2.27. The van der Waals surface area contributed by atoms with E-state index in [1.165, 1.54) is 0 Å². The summed E-state index contributed by atoms with van der Waals surface area (Å²) in [6.07, 6.45) is 7.90. The molecule has 2 aliphatic rings. The van der Waals surface area contributed by atoms with Crippen molar-refractivity contribution >= 4 is 11.6 Å². The van der Waals surface area contributed by atoms with Crippen LogP contribution in [0.5, 0.6) is 0 Å². The quantitative estimate of drug-likeness (QED) is 0.815. The molecule has 2 fully saturated rings. The maximum atomic E-state index is 5.99. The first-order valence-electron chi connectivity index (χ1n) is 10.2. The number of ether oxygens (including phenoxy) is 2. The zero-order valence-electron chi connectivity index (χ0n) is 16.7. The average molecular weight is 387 g/mol. The lowest BCUT2D eigenvalue weighted by Crippen LogP contribution is -2.45. The molecule has 8 nitrogen and oxygen atoms in total. The Morgan fingerprint density at radius 1 is 1.25 bits per heavy atom. The standard InChI is InChI=1S/C20H30N6O2/c1-15(2)20-17(5-3-9-28-20)24-18-11-19(22-14-21-18)25-8-10-27-16(12-25)13-26-7-4-6-23-26/h4,6-7,11,14-17,20H,3,5,8-10,12-13H2,1-2H3,(H,21,22,24)/t16-,17-,20+/m1/s1. The second-order valence-electron chi connectivity index (χ2n) is 7.90. The van der Waals surface area contributed by atoms with Crippen LogP contribution in [0.1, 0.15) is 26.7 Å².